The van der Waals surface area contributed by atoms with Crippen molar-refractivity contribution in [1.29, 1.82) is 0 Å². The van der Waals surface area contributed by atoms with Crippen molar-refractivity contribution in [3.8, 4) is 11.1 Å². The molecule has 0 atom stereocenters. The molecule has 4 nitrogen and oxygen atoms in total. The number of alkyl halides is 3. The first-order chi connectivity index (χ1) is 15.3. The molecule has 0 aliphatic carbocycles. The lowest BCUT2D eigenvalue weighted by atomic mass is 9.96. The second-order valence-electron chi connectivity index (χ2n) is 9.16. The maximum absolute atomic E-state index is 13.4. The lowest BCUT2D eigenvalue weighted by Gasteiger charge is -2.15. The van der Waals surface area contributed by atoms with Crippen LogP contribution < -0.4 is 0 Å². The van der Waals surface area contributed by atoms with E-state index in [2.05, 4.69) is 11.7 Å². The summed E-state index contributed by atoms with van der Waals surface area (Å²) in [6.07, 6.45) is -0.875. The van der Waals surface area contributed by atoms with E-state index in [0.717, 1.165) is 28.8 Å². The van der Waals surface area contributed by atoms with Gasteiger partial charge in [-0.1, -0.05) is 36.4 Å². The number of carbonyl (C=O) groups excluding carboxylic acids is 1. The third kappa shape index (κ3) is 6.32. The Balaban J connectivity index is 1.90. The largest absolute Gasteiger partial charge is 0.416 e. The van der Waals surface area contributed by atoms with Gasteiger partial charge in [-0.2, -0.15) is 18.3 Å². The average molecular weight is 459 g/mol. The highest BCUT2D eigenvalue weighted by Gasteiger charge is 2.31. The number of halogens is 3. The van der Waals surface area contributed by atoms with E-state index in [0.29, 0.717) is 42.5 Å². The van der Waals surface area contributed by atoms with Gasteiger partial charge < -0.3 is 5.11 Å². The maximum atomic E-state index is 13.4. The van der Waals surface area contributed by atoms with Crippen molar-refractivity contribution >= 4 is 16.9 Å². The summed E-state index contributed by atoms with van der Waals surface area (Å²) in [5.41, 5.74) is 2.62. The quantitative estimate of drug-likeness (QED) is 0.373. The smallest absolute Gasteiger partial charge is 0.390 e. The normalized spacial score (nSPS) is 12.3. The molecule has 0 saturated carbocycles. The van der Waals surface area contributed by atoms with E-state index in [1.807, 2.05) is 31.2 Å². The Kier molecular flexibility index (Phi) is 7.12. The Hall–Kier alpha value is -2.93. The van der Waals surface area contributed by atoms with Crippen LogP contribution in [-0.4, -0.2) is 26.1 Å². The van der Waals surface area contributed by atoms with E-state index in [-0.39, 0.29) is 12.2 Å². The summed E-state index contributed by atoms with van der Waals surface area (Å²) in [7, 11) is 0. The van der Waals surface area contributed by atoms with Gasteiger partial charge in [0.25, 0.3) is 0 Å². The van der Waals surface area contributed by atoms with Crippen molar-refractivity contribution in [3.63, 3.8) is 0 Å². The van der Waals surface area contributed by atoms with Gasteiger partial charge in [-0.05, 0) is 63.3 Å². The van der Waals surface area contributed by atoms with Crippen molar-refractivity contribution in [1.82, 2.24) is 9.61 Å². The summed E-state index contributed by atoms with van der Waals surface area (Å²) in [4.78, 5) is 12.0. The van der Waals surface area contributed by atoms with E-state index in [1.54, 1.807) is 13.8 Å². The number of aryl methyl sites for hydroxylation is 1. The number of aliphatic hydroxyl groups is 1. The number of Topliss-reactive ketones (excluding diaryl/α,β-unsaturated/α-hetero) is 1. The van der Waals surface area contributed by atoms with Crippen molar-refractivity contribution in [2.24, 2.45) is 0 Å². The van der Waals surface area contributed by atoms with Gasteiger partial charge in [-0.25, -0.2) is 4.52 Å². The molecule has 0 radical (unpaired) electrons. The van der Waals surface area contributed by atoms with E-state index >= 15 is 0 Å². The molecule has 0 aliphatic heterocycles. The van der Waals surface area contributed by atoms with Crippen molar-refractivity contribution in [2.75, 3.05) is 0 Å². The Labute approximate surface area is 191 Å². The van der Waals surface area contributed by atoms with Gasteiger partial charge in [0.1, 0.15) is 5.78 Å². The van der Waals surface area contributed by atoms with Crippen LogP contribution in [-0.2, 0) is 17.4 Å². The van der Waals surface area contributed by atoms with Gasteiger partial charge in [0.2, 0.25) is 0 Å². The lowest BCUT2D eigenvalue weighted by molar-refractivity contribution is -0.137. The first-order valence-corrected chi connectivity index (χ1v) is 10.9. The molecule has 7 heteroatoms. The fraction of sp³-hybridized carbons (Fsp3) is 0.385. The predicted molar refractivity (Wildman–Crippen MR) is 124 cm³/mol. The fourth-order valence-corrected chi connectivity index (χ4v) is 3.87. The van der Waals surface area contributed by atoms with Gasteiger partial charge in [0.15, 0.2) is 0 Å². The molecule has 3 rings (SSSR count). The minimum absolute atomic E-state index is 0.0112. The van der Waals surface area contributed by atoms with Crippen LogP contribution in [0.25, 0.3) is 22.2 Å². The zero-order valence-corrected chi connectivity index (χ0v) is 19.2. The van der Waals surface area contributed by atoms with Crippen LogP contribution >= 0.6 is 0 Å². The van der Waals surface area contributed by atoms with E-state index in [1.165, 1.54) is 10.7 Å². The van der Waals surface area contributed by atoms with Crippen LogP contribution in [0.1, 0.15) is 63.3 Å². The third-order valence-corrected chi connectivity index (χ3v) is 5.45. The number of aromatic nitrogens is 2. The molecule has 0 amide bonds. The maximum Gasteiger partial charge on any atom is 0.416 e. The Morgan fingerprint density at radius 3 is 2.36 bits per heavy atom. The van der Waals surface area contributed by atoms with Crippen molar-refractivity contribution < 1.29 is 23.1 Å². The molecule has 1 aromatic carbocycles. The van der Waals surface area contributed by atoms with Gasteiger partial charge in [-0.15, -0.1) is 0 Å². The van der Waals surface area contributed by atoms with E-state index in [4.69, 9.17) is 0 Å². The topological polar surface area (TPSA) is 54.6 Å². The van der Waals surface area contributed by atoms with Crippen LogP contribution in [0.5, 0.6) is 0 Å². The predicted octanol–water partition coefficient (Wildman–Crippen LogP) is 6.50. The van der Waals surface area contributed by atoms with E-state index in [9.17, 15) is 23.1 Å². The lowest BCUT2D eigenvalue weighted by Crippen LogP contribution is -2.23. The number of unbranched alkanes of at least 4 members (excludes halogenated alkanes) is 1. The monoisotopic (exact) mass is 458 g/mol. The average Bonchev–Trinajstić information content (AvgIpc) is 3.06. The first kappa shape index (κ1) is 24.7. The molecule has 176 valence electrons. The summed E-state index contributed by atoms with van der Waals surface area (Å²) in [6.45, 7) is 9.02. The minimum Gasteiger partial charge on any atom is -0.390 e. The third-order valence-electron chi connectivity index (χ3n) is 5.45. The number of carbonyl (C=O) groups is 1. The molecule has 2 aromatic heterocycles. The molecule has 0 saturated heterocycles. The highest BCUT2D eigenvalue weighted by Crippen LogP contribution is 2.35. The van der Waals surface area contributed by atoms with Crippen LogP contribution in [0.15, 0.2) is 49.2 Å². The minimum atomic E-state index is -4.45. The molecule has 1 N–H and O–H groups in total. The summed E-state index contributed by atoms with van der Waals surface area (Å²) < 4.78 is 41.5. The second-order valence-corrected chi connectivity index (χ2v) is 9.16. The Morgan fingerprint density at radius 2 is 1.79 bits per heavy atom. The molecule has 3 aromatic rings. The SMILES string of the molecule is C=C(C)c1ccc(-c2c(CCCCC(=O)CC(C)(C)O)nn3ccc(C(F)(F)F)cc23)cc1. The molecule has 33 heavy (non-hydrogen) atoms. The molecule has 2 heterocycles. The highest BCUT2D eigenvalue weighted by molar-refractivity contribution is 5.84. The van der Waals surface area contributed by atoms with Crippen LogP contribution in [0.2, 0.25) is 0 Å². The Bertz CT molecular complexity index is 1150. The molecule has 0 bridgehead atoms. The number of ketones is 1. The molecule has 0 fully saturated rings. The number of fused-ring (bicyclic) bond motifs is 1. The van der Waals surface area contributed by atoms with E-state index < -0.39 is 17.3 Å². The number of rotatable bonds is 9. The molecule has 0 spiro atoms. The summed E-state index contributed by atoms with van der Waals surface area (Å²) in [5.74, 6) is -0.0112. The number of pyridine rings is 1. The molecular formula is C26H29F3N2O2. The van der Waals surface area contributed by atoms with Crippen molar-refractivity contribution in [2.45, 2.75) is 64.7 Å². The Morgan fingerprint density at radius 1 is 1.12 bits per heavy atom. The van der Waals surface area contributed by atoms with Gasteiger partial charge in [0, 0.05) is 24.6 Å². The number of benzene rings is 1. The van der Waals surface area contributed by atoms with Crippen LogP contribution in [0.3, 0.4) is 0 Å². The summed E-state index contributed by atoms with van der Waals surface area (Å²) >= 11 is 0. The van der Waals surface area contributed by atoms with Gasteiger partial charge >= 0.3 is 6.18 Å². The zero-order chi connectivity index (χ0) is 24.4. The molecule has 0 aliphatic rings. The van der Waals surface area contributed by atoms with Crippen LogP contribution in [0, 0.1) is 0 Å². The number of allylic oxidation sites excluding steroid dienone is 1. The number of hydrogen-bond acceptors (Lipinski definition) is 3. The number of hydrogen-bond donors (Lipinski definition) is 1. The number of nitrogens with zero attached hydrogens (tertiary/aromatic N) is 2. The van der Waals surface area contributed by atoms with Gasteiger partial charge in [0.05, 0.1) is 22.4 Å². The second kappa shape index (κ2) is 9.51. The van der Waals surface area contributed by atoms with Crippen LogP contribution in [0.4, 0.5) is 13.2 Å². The van der Waals surface area contributed by atoms with Crippen molar-refractivity contribution in [3.05, 3.63) is 66.0 Å². The first-order valence-electron chi connectivity index (χ1n) is 10.9. The highest BCUT2D eigenvalue weighted by atomic mass is 19.4. The summed E-state index contributed by atoms with van der Waals surface area (Å²) in [5, 5.41) is 14.3. The zero-order valence-electron chi connectivity index (χ0n) is 19.2. The standard InChI is InChI=1S/C26H29F3N2O2/c1-17(2)18-9-11-19(12-10-18)24-22(8-6-5-7-21(32)16-25(3,4)33)30-31-14-13-20(15-23(24)31)26(27,28)29/h9-15,33H,1,5-8,16H2,2-4H3. The molecule has 0 unspecified atom stereocenters. The van der Waals surface area contributed by atoms with Gasteiger partial charge in [-0.3, -0.25) is 4.79 Å². The fourth-order valence-electron chi connectivity index (χ4n) is 3.87. The summed E-state index contributed by atoms with van der Waals surface area (Å²) in [6, 6.07) is 9.69. The molecular weight excluding hydrogens is 429 g/mol.